The van der Waals surface area contributed by atoms with Crippen LogP contribution in [0, 0.1) is 5.92 Å². The van der Waals surface area contributed by atoms with E-state index in [9.17, 15) is 14.7 Å². The van der Waals surface area contributed by atoms with Crippen molar-refractivity contribution in [1.29, 1.82) is 0 Å². The van der Waals surface area contributed by atoms with Crippen LogP contribution in [0.5, 0.6) is 0 Å². The van der Waals surface area contributed by atoms with Crippen LogP contribution >= 0.6 is 0 Å². The Morgan fingerprint density at radius 1 is 1.17 bits per heavy atom. The molecule has 2 amide bonds. The lowest BCUT2D eigenvalue weighted by atomic mass is 9.96. The third kappa shape index (κ3) is 5.48. The minimum atomic E-state index is -1.09. The van der Waals surface area contributed by atoms with Crippen molar-refractivity contribution in [1.82, 2.24) is 4.98 Å². The van der Waals surface area contributed by atoms with Gasteiger partial charge in [0.15, 0.2) is 0 Å². The van der Waals surface area contributed by atoms with Gasteiger partial charge in [-0.25, -0.2) is 0 Å². The average molecular weight is 327 g/mol. The van der Waals surface area contributed by atoms with E-state index in [2.05, 4.69) is 10.3 Å². The van der Waals surface area contributed by atoms with E-state index in [4.69, 9.17) is 5.73 Å². The molecule has 6 heteroatoms. The first kappa shape index (κ1) is 17.6. The summed E-state index contributed by atoms with van der Waals surface area (Å²) in [6, 6.07) is 13.0. The smallest absolute Gasteiger partial charge is 0.237 e. The highest BCUT2D eigenvalue weighted by molar-refractivity contribution is 6.05. The predicted octanol–water partition coefficient (Wildman–Crippen LogP) is 1.51. The lowest BCUT2D eigenvalue weighted by Gasteiger charge is -2.17. The number of anilines is 1. The second kappa shape index (κ2) is 8.79. The second-order valence-corrected chi connectivity index (χ2v) is 5.60. The number of carbonyl (C=O) groups excluding carboxylic acids is 2. The molecule has 0 fully saturated rings. The molecular formula is C18H21N3O3. The van der Waals surface area contributed by atoms with Crippen LogP contribution in [0.4, 0.5) is 5.69 Å². The van der Waals surface area contributed by atoms with E-state index < -0.39 is 23.8 Å². The summed E-state index contributed by atoms with van der Waals surface area (Å²) in [6.07, 6.45) is 3.37. The number of nitrogens with one attached hydrogen (secondary N) is 1. The molecule has 0 aliphatic carbocycles. The highest BCUT2D eigenvalue weighted by atomic mass is 16.3. The summed E-state index contributed by atoms with van der Waals surface area (Å²) in [5, 5.41) is 12.7. The maximum absolute atomic E-state index is 12.2. The number of aromatic nitrogens is 1. The molecule has 0 radical (unpaired) electrons. The summed E-state index contributed by atoms with van der Waals surface area (Å²) in [7, 11) is 0. The minimum Gasteiger partial charge on any atom is -0.393 e. The van der Waals surface area contributed by atoms with Gasteiger partial charge in [0.25, 0.3) is 0 Å². The predicted molar refractivity (Wildman–Crippen MR) is 90.9 cm³/mol. The number of rotatable bonds is 8. The quantitative estimate of drug-likeness (QED) is 0.639. The summed E-state index contributed by atoms with van der Waals surface area (Å²) in [5.74, 6) is -2.37. The minimum absolute atomic E-state index is 0.00569. The Kier molecular flexibility index (Phi) is 6.45. The normalized spacial score (nSPS) is 13.0. The molecule has 0 unspecified atom stereocenters. The molecule has 0 saturated heterocycles. The number of pyridine rings is 1. The van der Waals surface area contributed by atoms with E-state index in [0.29, 0.717) is 18.5 Å². The maximum atomic E-state index is 12.2. The lowest BCUT2D eigenvalue weighted by Crippen LogP contribution is -2.37. The van der Waals surface area contributed by atoms with Gasteiger partial charge in [-0.3, -0.25) is 14.6 Å². The highest BCUT2D eigenvalue weighted by Gasteiger charge is 2.27. The molecule has 6 nitrogen and oxygen atoms in total. The lowest BCUT2D eigenvalue weighted by molar-refractivity contribution is -0.131. The van der Waals surface area contributed by atoms with Crippen LogP contribution < -0.4 is 11.1 Å². The number of aliphatic hydroxyl groups is 1. The number of nitrogens with zero attached hydrogens (tertiary/aromatic N) is 1. The Hall–Kier alpha value is -2.73. The number of primary amides is 1. The van der Waals surface area contributed by atoms with Gasteiger partial charge in [0.05, 0.1) is 18.0 Å². The fourth-order valence-corrected chi connectivity index (χ4v) is 2.39. The van der Waals surface area contributed by atoms with Crippen LogP contribution in [0.2, 0.25) is 0 Å². The van der Waals surface area contributed by atoms with Crippen LogP contribution in [0.25, 0.3) is 0 Å². The van der Waals surface area contributed by atoms with Gasteiger partial charge < -0.3 is 16.2 Å². The van der Waals surface area contributed by atoms with Gasteiger partial charge in [-0.1, -0.05) is 30.3 Å². The SMILES string of the molecule is NC(=O)[C@@H](C[C@@H](O)CCc1ccccc1)C(=O)Nc1cccnc1. The largest absolute Gasteiger partial charge is 0.393 e. The molecule has 1 heterocycles. The zero-order valence-corrected chi connectivity index (χ0v) is 13.3. The van der Waals surface area contributed by atoms with E-state index in [1.54, 1.807) is 18.3 Å². The Balaban J connectivity index is 1.90. The number of hydrogen-bond acceptors (Lipinski definition) is 4. The summed E-state index contributed by atoms with van der Waals surface area (Å²) in [6.45, 7) is 0. The van der Waals surface area contributed by atoms with Gasteiger partial charge in [0.1, 0.15) is 5.92 Å². The van der Waals surface area contributed by atoms with Crippen LogP contribution in [-0.2, 0) is 16.0 Å². The molecule has 4 N–H and O–H groups in total. The van der Waals surface area contributed by atoms with Crippen LogP contribution in [0.3, 0.4) is 0 Å². The maximum Gasteiger partial charge on any atom is 0.237 e. The number of benzene rings is 1. The monoisotopic (exact) mass is 327 g/mol. The molecule has 126 valence electrons. The first-order valence-corrected chi connectivity index (χ1v) is 7.78. The van der Waals surface area contributed by atoms with Crippen molar-refractivity contribution in [2.75, 3.05) is 5.32 Å². The fraction of sp³-hybridized carbons (Fsp3) is 0.278. The van der Waals surface area contributed by atoms with Gasteiger partial charge in [0, 0.05) is 6.20 Å². The highest BCUT2D eigenvalue weighted by Crippen LogP contribution is 2.15. The molecule has 1 aromatic heterocycles. The van der Waals surface area contributed by atoms with Crippen molar-refractivity contribution < 1.29 is 14.7 Å². The van der Waals surface area contributed by atoms with Crippen molar-refractivity contribution in [2.45, 2.75) is 25.4 Å². The number of aliphatic hydroxyl groups excluding tert-OH is 1. The van der Waals surface area contributed by atoms with Gasteiger partial charge in [0.2, 0.25) is 11.8 Å². The van der Waals surface area contributed by atoms with Crippen molar-refractivity contribution in [3.8, 4) is 0 Å². The Labute approximate surface area is 140 Å². The number of carbonyl (C=O) groups is 2. The van der Waals surface area contributed by atoms with Crippen LogP contribution in [-0.4, -0.2) is 28.0 Å². The Morgan fingerprint density at radius 3 is 2.54 bits per heavy atom. The zero-order valence-electron chi connectivity index (χ0n) is 13.3. The van der Waals surface area contributed by atoms with Crippen LogP contribution in [0.1, 0.15) is 18.4 Å². The topological polar surface area (TPSA) is 105 Å². The summed E-state index contributed by atoms with van der Waals surface area (Å²) in [5.41, 5.74) is 6.89. The van der Waals surface area contributed by atoms with E-state index >= 15 is 0 Å². The fourth-order valence-electron chi connectivity index (χ4n) is 2.39. The first-order valence-electron chi connectivity index (χ1n) is 7.78. The summed E-state index contributed by atoms with van der Waals surface area (Å²) in [4.78, 5) is 27.7. The van der Waals surface area contributed by atoms with E-state index in [0.717, 1.165) is 5.56 Å². The van der Waals surface area contributed by atoms with Gasteiger partial charge in [-0.15, -0.1) is 0 Å². The zero-order chi connectivity index (χ0) is 17.4. The molecule has 0 spiro atoms. The standard InChI is InChI=1S/C18H21N3O3/c19-17(23)16(18(24)21-14-7-4-10-20-12-14)11-15(22)9-8-13-5-2-1-3-6-13/h1-7,10,12,15-16,22H,8-9,11H2,(H2,19,23)(H,21,24)/t15-,16+/m0/s1. The molecule has 0 aliphatic heterocycles. The van der Waals surface area contributed by atoms with E-state index in [-0.39, 0.29) is 6.42 Å². The molecule has 2 rings (SSSR count). The van der Waals surface area contributed by atoms with Crippen molar-refractivity contribution in [3.05, 3.63) is 60.4 Å². The molecule has 2 atom stereocenters. The van der Waals surface area contributed by atoms with Crippen molar-refractivity contribution >= 4 is 17.5 Å². The summed E-state index contributed by atoms with van der Waals surface area (Å²) < 4.78 is 0. The van der Waals surface area contributed by atoms with Gasteiger partial charge in [-0.2, -0.15) is 0 Å². The number of hydrogen-bond donors (Lipinski definition) is 3. The molecule has 24 heavy (non-hydrogen) atoms. The number of nitrogens with two attached hydrogens (primary N) is 1. The molecule has 2 aromatic rings. The summed E-state index contributed by atoms with van der Waals surface area (Å²) >= 11 is 0. The van der Waals surface area contributed by atoms with E-state index in [1.807, 2.05) is 30.3 Å². The van der Waals surface area contributed by atoms with Gasteiger partial charge >= 0.3 is 0 Å². The third-order valence-electron chi connectivity index (χ3n) is 3.71. The average Bonchev–Trinajstić information content (AvgIpc) is 2.59. The van der Waals surface area contributed by atoms with E-state index in [1.165, 1.54) is 6.20 Å². The first-order chi connectivity index (χ1) is 11.6. The van der Waals surface area contributed by atoms with Gasteiger partial charge in [-0.05, 0) is 37.0 Å². The van der Waals surface area contributed by atoms with Crippen molar-refractivity contribution in [2.24, 2.45) is 11.7 Å². The van der Waals surface area contributed by atoms with Crippen molar-refractivity contribution in [3.63, 3.8) is 0 Å². The molecule has 0 bridgehead atoms. The molecule has 1 aromatic carbocycles. The molecular weight excluding hydrogens is 306 g/mol. The van der Waals surface area contributed by atoms with Crippen LogP contribution in [0.15, 0.2) is 54.9 Å². The Morgan fingerprint density at radius 2 is 1.92 bits per heavy atom. The third-order valence-corrected chi connectivity index (χ3v) is 3.71. The Bertz CT molecular complexity index is 662. The molecule has 0 aliphatic rings. The number of aryl methyl sites for hydroxylation is 1. The molecule has 0 saturated carbocycles. The second-order valence-electron chi connectivity index (χ2n) is 5.60. The number of amides is 2.